The van der Waals surface area contributed by atoms with E-state index in [2.05, 4.69) is 150 Å². The van der Waals surface area contributed by atoms with Crippen LogP contribution in [0.1, 0.15) is 36.2 Å². The number of H-pyrrole nitrogens is 4. The second kappa shape index (κ2) is 21.5. The van der Waals surface area contributed by atoms with Crippen molar-refractivity contribution < 1.29 is 0 Å². The van der Waals surface area contributed by atoms with Crippen molar-refractivity contribution in [2.24, 2.45) is 0 Å². The zero-order valence-corrected chi connectivity index (χ0v) is 48.7. The fourth-order valence-corrected chi connectivity index (χ4v) is 12.2. The SMILES string of the molecule is CCNCc1cncc(-c2ccc3c(c2)c(-c2nc4ccccc4[nH]2)nn3-c2ccc3[nH]c(-c4nn(Cc5cncn5-c5cccc6[nH]c(-c7n[nH]c8ccc(-c9cncc(CNCC)c9C)cc78)nc56)c5ccc(-c6cnccc6Cl)cc45)nc3c2)c1. The molecule has 0 aliphatic rings. The molecule has 0 saturated carbocycles. The normalized spacial score (nSPS) is 12.0. The Balaban J connectivity index is 0.765. The van der Waals surface area contributed by atoms with E-state index in [1.54, 1.807) is 18.5 Å². The number of halogens is 1. The van der Waals surface area contributed by atoms with Crippen molar-refractivity contribution in [2.45, 2.75) is 40.4 Å². The van der Waals surface area contributed by atoms with Gasteiger partial charge in [0, 0.05) is 83.1 Å². The van der Waals surface area contributed by atoms with Gasteiger partial charge in [0.15, 0.2) is 17.5 Å². The number of hydrogen-bond acceptors (Lipinski definition) is 12. The third-order valence-corrected chi connectivity index (χ3v) is 16.9. The van der Waals surface area contributed by atoms with E-state index in [1.165, 1.54) is 11.1 Å². The van der Waals surface area contributed by atoms with Crippen molar-refractivity contribution >= 4 is 77.4 Å². The summed E-state index contributed by atoms with van der Waals surface area (Å²) < 4.78 is 6.04. The molecule has 0 amide bonds. The third kappa shape index (κ3) is 9.14. The van der Waals surface area contributed by atoms with Gasteiger partial charge in [0.25, 0.3) is 0 Å². The summed E-state index contributed by atoms with van der Waals surface area (Å²) in [6, 6.07) is 43.3. The monoisotopic (exact) mass is 1170 g/mol. The minimum Gasteiger partial charge on any atom is -0.337 e. The number of benzene rings is 6. The zero-order chi connectivity index (χ0) is 59.0. The molecule has 6 N–H and O–H groups in total. The lowest BCUT2D eigenvalue weighted by Gasteiger charge is -2.11. The molecule has 88 heavy (non-hydrogen) atoms. The van der Waals surface area contributed by atoms with Crippen molar-refractivity contribution in [2.75, 3.05) is 13.1 Å². The summed E-state index contributed by atoms with van der Waals surface area (Å²) in [6.45, 7) is 9.96. The smallest absolute Gasteiger partial charge is 0.159 e. The number of aromatic amines is 4. The van der Waals surface area contributed by atoms with Crippen molar-refractivity contribution in [3.05, 3.63) is 205 Å². The number of rotatable bonds is 16. The quantitative estimate of drug-likeness (QED) is 0.0531. The summed E-state index contributed by atoms with van der Waals surface area (Å²) in [5, 5.41) is 29.0. The van der Waals surface area contributed by atoms with Gasteiger partial charge in [0.2, 0.25) is 0 Å². The first-order valence-corrected chi connectivity index (χ1v) is 29.6. The first kappa shape index (κ1) is 52.6. The number of imidazole rings is 4. The molecule has 10 aromatic heterocycles. The van der Waals surface area contributed by atoms with Crippen LogP contribution < -0.4 is 10.6 Å². The van der Waals surface area contributed by atoms with Gasteiger partial charge in [-0.05, 0) is 144 Å². The van der Waals surface area contributed by atoms with E-state index < -0.39 is 0 Å². The molecule has 0 aliphatic heterocycles. The molecule has 0 saturated heterocycles. The molecule has 16 rings (SSSR count). The predicted molar refractivity (Wildman–Crippen MR) is 346 cm³/mol. The average molecular weight is 1170 g/mol. The molecule has 0 aliphatic carbocycles. The van der Waals surface area contributed by atoms with Crippen LogP contribution in [0.25, 0.3) is 145 Å². The summed E-state index contributed by atoms with van der Waals surface area (Å²) >= 11 is 6.84. The average Bonchev–Trinajstić information content (AvgIpc) is 4.38. The van der Waals surface area contributed by atoms with Crippen LogP contribution in [0.15, 0.2) is 177 Å². The minimum absolute atomic E-state index is 0.359. The topological polar surface area (TPSA) is 231 Å². The van der Waals surface area contributed by atoms with E-state index in [1.807, 2.05) is 89.1 Å². The van der Waals surface area contributed by atoms with Crippen LogP contribution in [-0.2, 0) is 19.6 Å². The lowest BCUT2D eigenvalue weighted by Crippen LogP contribution is -2.13. The van der Waals surface area contributed by atoms with Crippen LogP contribution in [0.5, 0.6) is 0 Å². The number of para-hydroxylation sites is 3. The van der Waals surface area contributed by atoms with Crippen LogP contribution in [0.2, 0.25) is 5.02 Å². The van der Waals surface area contributed by atoms with Gasteiger partial charge in [0.05, 0.1) is 85.3 Å². The lowest BCUT2D eigenvalue weighted by atomic mass is 9.98. The Bertz CT molecular complexity index is 5330. The predicted octanol–water partition coefficient (Wildman–Crippen LogP) is 13.5. The molecule has 19 nitrogen and oxygen atoms in total. The standard InChI is InChI=1S/C68H54ClN19/c1-4-70-28-39-23-43(30-73-29-39)40-14-20-60-49(24-40)64(68-76-54-9-6-7-10-55(54)77-68)85-88(60)45-16-18-56-58(27-45)80-67(78-56)63-48-26-42(51-35-72-22-21-52(51)69)15-19-59(48)87(84-63)36-46-33-75-37-86(46)61-12-8-11-57-65(61)81-66(79-57)62-47-25-41(13-17-53(47)82-83-62)50-34-74-32-44(38(50)3)31-71-5-2/h6-27,29-30,32-35,37,70-71H,4-5,28,31,36H2,1-3H3,(H,76,77)(H,78,80)(H,79,81)(H,82,83). The van der Waals surface area contributed by atoms with Gasteiger partial charge in [-0.1, -0.05) is 61.8 Å². The van der Waals surface area contributed by atoms with E-state index in [-0.39, 0.29) is 0 Å². The number of aromatic nitrogens is 17. The van der Waals surface area contributed by atoms with E-state index >= 15 is 0 Å². The largest absolute Gasteiger partial charge is 0.337 e. The summed E-state index contributed by atoms with van der Waals surface area (Å²) in [5.74, 6) is 1.91. The highest BCUT2D eigenvalue weighted by Crippen LogP contribution is 2.39. The maximum Gasteiger partial charge on any atom is 0.159 e. The molecule has 16 aromatic rings. The van der Waals surface area contributed by atoms with Gasteiger partial charge in [-0.2, -0.15) is 15.3 Å². The molecular weight excluding hydrogens is 1120 g/mol. The van der Waals surface area contributed by atoms with Gasteiger partial charge in [-0.25, -0.2) is 24.6 Å². The lowest BCUT2D eigenvalue weighted by molar-refractivity contribution is 0.686. The van der Waals surface area contributed by atoms with Crippen LogP contribution in [0.3, 0.4) is 0 Å². The Labute approximate surface area is 507 Å². The van der Waals surface area contributed by atoms with E-state index in [0.717, 1.165) is 159 Å². The van der Waals surface area contributed by atoms with Crippen molar-refractivity contribution in [1.82, 2.24) is 94.8 Å². The Morgan fingerprint density at radius 1 is 0.534 bits per heavy atom. The second-order valence-corrected chi connectivity index (χ2v) is 22.3. The second-order valence-electron chi connectivity index (χ2n) is 21.9. The molecule has 428 valence electrons. The first-order chi connectivity index (χ1) is 43.3. The Kier molecular flexibility index (Phi) is 12.8. The van der Waals surface area contributed by atoms with Gasteiger partial charge in [-0.15, -0.1) is 0 Å². The van der Waals surface area contributed by atoms with Gasteiger partial charge in [0.1, 0.15) is 22.6 Å². The van der Waals surface area contributed by atoms with Crippen LogP contribution >= 0.6 is 11.6 Å². The highest BCUT2D eigenvalue weighted by atomic mass is 35.5. The maximum absolute atomic E-state index is 6.84. The molecule has 0 atom stereocenters. The Morgan fingerprint density at radius 2 is 1.25 bits per heavy atom. The molecule has 0 bridgehead atoms. The number of fused-ring (bicyclic) bond motifs is 6. The summed E-state index contributed by atoms with van der Waals surface area (Å²) in [6.07, 6.45) is 14.9. The van der Waals surface area contributed by atoms with Gasteiger partial charge >= 0.3 is 0 Å². The Morgan fingerprint density at radius 3 is 2.14 bits per heavy atom. The molecule has 20 heteroatoms. The minimum atomic E-state index is 0.359. The summed E-state index contributed by atoms with van der Waals surface area (Å²) in [4.78, 5) is 44.7. The molecular formula is C68H54ClN19. The van der Waals surface area contributed by atoms with Crippen LogP contribution in [0, 0.1) is 6.92 Å². The maximum atomic E-state index is 6.84. The van der Waals surface area contributed by atoms with Crippen molar-refractivity contribution in [1.29, 1.82) is 0 Å². The van der Waals surface area contributed by atoms with E-state index in [4.69, 9.17) is 46.8 Å². The summed E-state index contributed by atoms with van der Waals surface area (Å²) in [5.41, 5.74) is 21.7. The van der Waals surface area contributed by atoms with Crippen LogP contribution in [0.4, 0.5) is 0 Å². The fourth-order valence-electron chi connectivity index (χ4n) is 12.0. The third-order valence-electron chi connectivity index (χ3n) is 16.5. The van der Waals surface area contributed by atoms with Gasteiger partial charge in [-0.3, -0.25) is 29.3 Å². The van der Waals surface area contributed by atoms with Crippen molar-refractivity contribution in [3.63, 3.8) is 0 Å². The molecule has 0 unspecified atom stereocenters. The van der Waals surface area contributed by atoms with Gasteiger partial charge < -0.3 is 25.6 Å². The molecule has 10 heterocycles. The number of hydrogen-bond donors (Lipinski definition) is 6. The van der Waals surface area contributed by atoms with E-state index in [0.29, 0.717) is 34.7 Å². The number of pyridine rings is 3. The van der Waals surface area contributed by atoms with Crippen molar-refractivity contribution in [3.8, 4) is 79.3 Å². The highest BCUT2D eigenvalue weighted by Gasteiger charge is 2.24. The fraction of sp³-hybridized carbons (Fsp3) is 0.118. The molecule has 6 aromatic carbocycles. The molecule has 0 fully saturated rings. The van der Waals surface area contributed by atoms with Crippen LogP contribution in [-0.4, -0.2) is 97.3 Å². The van der Waals surface area contributed by atoms with E-state index in [9.17, 15) is 0 Å². The zero-order valence-electron chi connectivity index (χ0n) is 48.0. The Hall–Kier alpha value is -11.0. The number of nitrogens with zero attached hydrogens (tertiary/aromatic N) is 13. The molecule has 0 spiro atoms. The molecule has 0 radical (unpaired) electrons. The summed E-state index contributed by atoms with van der Waals surface area (Å²) in [7, 11) is 0. The first-order valence-electron chi connectivity index (χ1n) is 29.2. The highest BCUT2D eigenvalue weighted by molar-refractivity contribution is 6.33. The number of nitrogens with one attached hydrogen (secondary N) is 6.